The van der Waals surface area contributed by atoms with Gasteiger partial charge >= 0.3 is 0 Å². The summed E-state index contributed by atoms with van der Waals surface area (Å²) in [5, 5.41) is 2.43. The molecule has 0 aliphatic heterocycles. The van der Waals surface area contributed by atoms with E-state index < -0.39 is 5.41 Å². The number of hydrogen-bond acceptors (Lipinski definition) is 1. The van der Waals surface area contributed by atoms with E-state index in [1.165, 1.54) is 66.4 Å². The maximum absolute atomic E-state index is 2.44. The monoisotopic (exact) mass is 687 g/mol. The highest BCUT2D eigenvalue weighted by Crippen LogP contribution is 2.56. The summed E-state index contributed by atoms with van der Waals surface area (Å²) in [7, 11) is 0. The van der Waals surface area contributed by atoms with Gasteiger partial charge in [-0.1, -0.05) is 188 Å². The van der Waals surface area contributed by atoms with Gasteiger partial charge in [-0.25, -0.2) is 0 Å². The maximum atomic E-state index is 2.44. The summed E-state index contributed by atoms with van der Waals surface area (Å²) in [6.45, 7) is 0. The fraction of sp³-hybridized carbons (Fsp3) is 0.0189. The first kappa shape index (κ1) is 31.7. The highest BCUT2D eigenvalue weighted by molar-refractivity contribution is 5.99. The highest BCUT2D eigenvalue weighted by Gasteiger charge is 2.46. The molecular weight excluding hydrogens is 651 g/mol. The third-order valence-corrected chi connectivity index (χ3v) is 11.2. The minimum Gasteiger partial charge on any atom is -0.310 e. The third-order valence-electron chi connectivity index (χ3n) is 11.2. The van der Waals surface area contributed by atoms with Gasteiger partial charge in [0.15, 0.2) is 0 Å². The van der Waals surface area contributed by atoms with E-state index in [0.717, 1.165) is 17.1 Å². The van der Waals surface area contributed by atoms with Crippen LogP contribution in [0.4, 0.5) is 17.1 Å². The molecule has 0 N–H and O–H groups in total. The summed E-state index contributed by atoms with van der Waals surface area (Å²) >= 11 is 0. The second kappa shape index (κ2) is 13.2. The molecule has 0 radical (unpaired) electrons. The van der Waals surface area contributed by atoms with Gasteiger partial charge < -0.3 is 4.90 Å². The molecule has 54 heavy (non-hydrogen) atoms. The van der Waals surface area contributed by atoms with E-state index in [9.17, 15) is 0 Å². The van der Waals surface area contributed by atoms with Crippen LogP contribution >= 0.6 is 0 Å². The Morgan fingerprint density at radius 3 is 1.46 bits per heavy atom. The van der Waals surface area contributed by atoms with Crippen LogP contribution in [0.25, 0.3) is 44.2 Å². The second-order valence-corrected chi connectivity index (χ2v) is 14.1. The van der Waals surface area contributed by atoms with Crippen LogP contribution in [0.3, 0.4) is 0 Å². The molecule has 1 aliphatic carbocycles. The summed E-state index contributed by atoms with van der Waals surface area (Å²) in [6, 6.07) is 81.9. The minimum absolute atomic E-state index is 0.429. The normalized spacial score (nSPS) is 12.6. The molecule has 1 heteroatoms. The van der Waals surface area contributed by atoms with Gasteiger partial charge in [-0.2, -0.15) is 0 Å². The molecule has 0 unspecified atom stereocenters. The summed E-state index contributed by atoms with van der Waals surface area (Å²) < 4.78 is 0. The lowest BCUT2D eigenvalue weighted by atomic mass is 9.67. The molecule has 9 aromatic rings. The molecule has 0 fully saturated rings. The fourth-order valence-electron chi connectivity index (χ4n) is 8.69. The van der Waals surface area contributed by atoms with Gasteiger partial charge in [0.1, 0.15) is 0 Å². The van der Waals surface area contributed by atoms with Crippen LogP contribution in [0.2, 0.25) is 0 Å². The number of hydrogen-bond donors (Lipinski definition) is 0. The largest absolute Gasteiger partial charge is 0.310 e. The molecule has 0 aromatic heterocycles. The molecular formula is C53H37N. The summed E-state index contributed by atoms with van der Waals surface area (Å²) in [5.74, 6) is 0. The van der Waals surface area contributed by atoms with Gasteiger partial charge in [-0.05, 0) is 97.4 Å². The standard InChI is InChI=1S/C53H37N/c1-4-15-38(16-5-1)39-27-32-45(33-28-39)54(52-26-14-18-41-17-10-11-23-47(41)52)46-34-29-40(30-35-46)42-31-36-49-48-24-12-13-25-50(48)53(51(49)37-42,43-19-6-2-7-20-43)44-21-8-3-9-22-44/h1-37H. The average Bonchev–Trinajstić information content (AvgIpc) is 3.56. The predicted octanol–water partition coefficient (Wildman–Crippen LogP) is 14.0. The molecule has 0 spiro atoms. The maximum Gasteiger partial charge on any atom is 0.0713 e. The Bertz CT molecular complexity index is 2690. The number of anilines is 3. The smallest absolute Gasteiger partial charge is 0.0713 e. The summed E-state index contributed by atoms with van der Waals surface area (Å²) in [6.07, 6.45) is 0. The van der Waals surface area contributed by atoms with Crippen LogP contribution in [0.15, 0.2) is 224 Å². The van der Waals surface area contributed by atoms with Crippen molar-refractivity contribution in [3.8, 4) is 33.4 Å². The van der Waals surface area contributed by atoms with Crippen molar-refractivity contribution < 1.29 is 0 Å². The molecule has 254 valence electrons. The number of benzene rings is 9. The molecule has 0 heterocycles. The molecule has 0 bridgehead atoms. The van der Waals surface area contributed by atoms with Crippen molar-refractivity contribution in [3.63, 3.8) is 0 Å². The summed E-state index contributed by atoms with van der Waals surface area (Å²) in [5.41, 5.74) is 15.5. The Hall–Kier alpha value is -6.96. The second-order valence-electron chi connectivity index (χ2n) is 14.1. The highest BCUT2D eigenvalue weighted by atomic mass is 15.1. The van der Waals surface area contributed by atoms with Crippen molar-refractivity contribution in [2.24, 2.45) is 0 Å². The molecule has 10 rings (SSSR count). The molecule has 0 saturated carbocycles. The van der Waals surface area contributed by atoms with Gasteiger partial charge in [0.2, 0.25) is 0 Å². The van der Waals surface area contributed by atoms with Gasteiger partial charge in [-0.15, -0.1) is 0 Å². The minimum atomic E-state index is -0.429. The van der Waals surface area contributed by atoms with E-state index in [1.54, 1.807) is 0 Å². The summed E-state index contributed by atoms with van der Waals surface area (Å²) in [4.78, 5) is 2.38. The Morgan fingerprint density at radius 2 is 0.796 bits per heavy atom. The number of fused-ring (bicyclic) bond motifs is 4. The van der Waals surface area contributed by atoms with E-state index in [4.69, 9.17) is 0 Å². The van der Waals surface area contributed by atoms with E-state index in [1.807, 2.05) is 0 Å². The molecule has 1 nitrogen and oxygen atoms in total. The van der Waals surface area contributed by atoms with Gasteiger partial charge in [0.05, 0.1) is 11.1 Å². The lowest BCUT2D eigenvalue weighted by Crippen LogP contribution is -2.28. The Morgan fingerprint density at radius 1 is 0.315 bits per heavy atom. The first-order valence-electron chi connectivity index (χ1n) is 18.7. The zero-order valence-corrected chi connectivity index (χ0v) is 29.8. The van der Waals surface area contributed by atoms with Crippen LogP contribution < -0.4 is 4.90 Å². The number of rotatable bonds is 7. The lowest BCUT2D eigenvalue weighted by molar-refractivity contribution is 0.769. The zero-order chi connectivity index (χ0) is 35.9. The Balaban J connectivity index is 1.10. The van der Waals surface area contributed by atoms with Crippen molar-refractivity contribution in [2.45, 2.75) is 5.41 Å². The van der Waals surface area contributed by atoms with Crippen LogP contribution in [0, 0.1) is 0 Å². The lowest BCUT2D eigenvalue weighted by Gasteiger charge is -2.34. The first-order valence-corrected chi connectivity index (χ1v) is 18.7. The van der Waals surface area contributed by atoms with Crippen molar-refractivity contribution in [1.29, 1.82) is 0 Å². The van der Waals surface area contributed by atoms with Crippen molar-refractivity contribution >= 4 is 27.8 Å². The Kier molecular flexibility index (Phi) is 7.78. The quantitative estimate of drug-likeness (QED) is 0.161. The molecule has 1 aliphatic rings. The van der Waals surface area contributed by atoms with Crippen molar-refractivity contribution in [3.05, 3.63) is 247 Å². The van der Waals surface area contributed by atoms with Crippen LogP contribution in [-0.4, -0.2) is 0 Å². The third kappa shape index (κ3) is 5.17. The van der Waals surface area contributed by atoms with Crippen LogP contribution in [-0.2, 0) is 5.41 Å². The first-order chi connectivity index (χ1) is 26.8. The molecule has 9 aromatic carbocycles. The number of nitrogens with zero attached hydrogens (tertiary/aromatic N) is 1. The predicted molar refractivity (Wildman–Crippen MR) is 227 cm³/mol. The van der Waals surface area contributed by atoms with E-state index in [-0.39, 0.29) is 0 Å². The molecule has 0 saturated heterocycles. The van der Waals surface area contributed by atoms with E-state index in [2.05, 4.69) is 229 Å². The van der Waals surface area contributed by atoms with E-state index in [0.29, 0.717) is 0 Å². The van der Waals surface area contributed by atoms with Gasteiger partial charge in [-0.3, -0.25) is 0 Å². The molecule has 0 amide bonds. The zero-order valence-electron chi connectivity index (χ0n) is 29.8. The molecule has 0 atom stereocenters. The topological polar surface area (TPSA) is 3.24 Å². The van der Waals surface area contributed by atoms with Crippen molar-refractivity contribution in [2.75, 3.05) is 4.90 Å². The van der Waals surface area contributed by atoms with Crippen LogP contribution in [0.1, 0.15) is 22.3 Å². The van der Waals surface area contributed by atoms with Crippen LogP contribution in [0.5, 0.6) is 0 Å². The van der Waals surface area contributed by atoms with E-state index >= 15 is 0 Å². The average molecular weight is 688 g/mol. The van der Waals surface area contributed by atoms with Gasteiger partial charge in [0, 0.05) is 16.8 Å². The fourth-order valence-corrected chi connectivity index (χ4v) is 8.69. The van der Waals surface area contributed by atoms with Gasteiger partial charge in [0.25, 0.3) is 0 Å². The SMILES string of the molecule is c1ccc(-c2ccc(N(c3ccc(-c4ccc5c(c4)C(c4ccccc4)(c4ccccc4)c4ccccc4-5)cc3)c3cccc4ccccc34)cc2)cc1. The van der Waals surface area contributed by atoms with Crippen molar-refractivity contribution in [1.82, 2.24) is 0 Å². The Labute approximate surface area is 317 Å².